The minimum atomic E-state index is -0.850. The Morgan fingerprint density at radius 2 is 1.84 bits per heavy atom. The summed E-state index contributed by atoms with van der Waals surface area (Å²) in [6.07, 6.45) is 2.28. The van der Waals surface area contributed by atoms with Gasteiger partial charge < -0.3 is 18.5 Å². The third kappa shape index (κ3) is 5.74. The zero-order chi connectivity index (χ0) is 29.9. The van der Waals surface area contributed by atoms with Crippen LogP contribution in [0.25, 0.3) is 22.5 Å². The van der Waals surface area contributed by atoms with Crippen LogP contribution in [-0.4, -0.2) is 32.5 Å². The lowest BCUT2D eigenvalue weighted by Gasteiger charge is -2.34. The van der Waals surface area contributed by atoms with Crippen molar-refractivity contribution in [3.8, 4) is 22.5 Å². The Labute approximate surface area is 246 Å². The number of tetrazole rings is 1. The van der Waals surface area contributed by atoms with Gasteiger partial charge in [0.05, 0.1) is 12.1 Å². The molecule has 0 bridgehead atoms. The summed E-state index contributed by atoms with van der Waals surface area (Å²) < 4.78 is 15.1. The van der Waals surface area contributed by atoms with E-state index >= 15 is 0 Å². The quantitative estimate of drug-likeness (QED) is 0.231. The molecule has 0 spiro atoms. The second kappa shape index (κ2) is 11.9. The van der Waals surface area contributed by atoms with E-state index in [0.29, 0.717) is 30.0 Å². The molecule has 2 aromatic heterocycles. The molecule has 11 nitrogen and oxygen atoms in total. The summed E-state index contributed by atoms with van der Waals surface area (Å²) in [5, 5.41) is 14.4. The SMILES string of the molecule is CCCC1Cc2ccc(C(=O)OCc3oc(=O)oc3C)cc2N(Cc2ccc(-c3ccccc3-c3nn[nH]n3)cc2)C1=O. The number of nitrogens with one attached hydrogen (secondary N) is 1. The highest BCUT2D eigenvalue weighted by Crippen LogP contribution is 2.36. The predicted octanol–water partition coefficient (Wildman–Crippen LogP) is 5.25. The maximum atomic E-state index is 13.7. The maximum absolute atomic E-state index is 13.7. The average molecular weight is 580 g/mol. The van der Waals surface area contributed by atoms with Crippen LogP contribution in [0.2, 0.25) is 0 Å². The molecular formula is C32H29N5O6. The van der Waals surface area contributed by atoms with E-state index in [4.69, 9.17) is 13.6 Å². The Bertz CT molecular complexity index is 1820. The Morgan fingerprint density at radius 3 is 2.53 bits per heavy atom. The van der Waals surface area contributed by atoms with Crippen LogP contribution < -0.4 is 10.7 Å². The Balaban J connectivity index is 1.26. The molecule has 0 saturated heterocycles. The lowest BCUT2D eigenvalue weighted by atomic mass is 9.87. The normalized spacial score (nSPS) is 14.5. The van der Waals surface area contributed by atoms with Crippen LogP contribution in [0.5, 0.6) is 0 Å². The van der Waals surface area contributed by atoms with Gasteiger partial charge in [-0.1, -0.05) is 67.9 Å². The van der Waals surface area contributed by atoms with Crippen molar-refractivity contribution in [1.29, 1.82) is 0 Å². The first-order chi connectivity index (χ1) is 20.9. The molecule has 0 radical (unpaired) electrons. The molecule has 218 valence electrons. The molecule has 3 heterocycles. The fraction of sp³-hybridized carbons (Fsp3) is 0.250. The molecule has 1 amide bonds. The molecule has 0 fully saturated rings. The van der Waals surface area contributed by atoms with Gasteiger partial charge in [0, 0.05) is 17.2 Å². The fourth-order valence-corrected chi connectivity index (χ4v) is 5.44. The number of aromatic nitrogens is 4. The van der Waals surface area contributed by atoms with Crippen molar-refractivity contribution in [3.05, 3.63) is 106 Å². The van der Waals surface area contributed by atoms with Gasteiger partial charge in [-0.15, -0.1) is 10.2 Å². The summed E-state index contributed by atoms with van der Waals surface area (Å²) in [7, 11) is 0. The van der Waals surface area contributed by atoms with E-state index in [-0.39, 0.29) is 30.0 Å². The van der Waals surface area contributed by atoms with Crippen molar-refractivity contribution >= 4 is 17.6 Å². The smallest absolute Gasteiger partial charge is 0.454 e. The monoisotopic (exact) mass is 579 g/mol. The highest BCUT2D eigenvalue weighted by atomic mass is 16.6. The zero-order valence-electron chi connectivity index (χ0n) is 23.7. The molecule has 43 heavy (non-hydrogen) atoms. The molecule has 1 N–H and O–H groups in total. The summed E-state index contributed by atoms with van der Waals surface area (Å²) >= 11 is 0. The van der Waals surface area contributed by atoms with E-state index < -0.39 is 11.8 Å². The van der Waals surface area contributed by atoms with Gasteiger partial charge in [-0.05, 0) is 59.4 Å². The first-order valence-corrected chi connectivity index (χ1v) is 14.0. The largest absolute Gasteiger partial charge is 0.519 e. The van der Waals surface area contributed by atoms with Crippen LogP contribution in [0.1, 0.15) is 52.8 Å². The van der Waals surface area contributed by atoms with Gasteiger partial charge in [0.15, 0.2) is 18.1 Å². The summed E-state index contributed by atoms with van der Waals surface area (Å²) in [4.78, 5) is 39.7. The van der Waals surface area contributed by atoms with Crippen LogP contribution in [0, 0.1) is 12.8 Å². The number of hydrogen-bond acceptors (Lipinski definition) is 9. The molecular weight excluding hydrogens is 550 g/mol. The standard InChI is InChI=1S/C32H29N5O6/c1-3-6-23-15-22-13-14-24(31(39)41-18-28-19(2)42-32(40)43-28)16-27(22)37(30(23)38)17-20-9-11-21(12-10-20)25-7-4-5-8-26(25)29-33-35-36-34-29/h4-5,7-14,16,23H,3,6,15,17-18H2,1-2H3,(H,33,34,35,36). The first-order valence-electron chi connectivity index (χ1n) is 14.0. The molecule has 0 aliphatic carbocycles. The number of carbonyl (C=O) groups excluding carboxylic acids is 2. The third-order valence-corrected chi connectivity index (χ3v) is 7.62. The predicted molar refractivity (Wildman–Crippen MR) is 156 cm³/mol. The molecule has 5 aromatic rings. The minimum absolute atomic E-state index is 0.0298. The summed E-state index contributed by atoms with van der Waals surface area (Å²) in [6.45, 7) is 3.73. The molecule has 1 aliphatic heterocycles. The number of anilines is 1. The number of fused-ring (bicyclic) bond motifs is 1. The van der Waals surface area contributed by atoms with Crippen LogP contribution in [-0.2, 0) is 29.1 Å². The summed E-state index contributed by atoms with van der Waals surface area (Å²) in [5.41, 5.74) is 5.72. The van der Waals surface area contributed by atoms with E-state index in [0.717, 1.165) is 40.7 Å². The number of hydrogen-bond donors (Lipinski definition) is 1. The van der Waals surface area contributed by atoms with Gasteiger partial charge in [0.25, 0.3) is 0 Å². The number of carbonyl (C=O) groups is 2. The van der Waals surface area contributed by atoms with Gasteiger partial charge >= 0.3 is 11.8 Å². The van der Waals surface area contributed by atoms with Crippen molar-refractivity contribution < 1.29 is 23.2 Å². The molecule has 0 saturated carbocycles. The number of H-pyrrole nitrogens is 1. The average Bonchev–Trinajstić information content (AvgIpc) is 3.67. The van der Waals surface area contributed by atoms with Crippen molar-refractivity contribution in [2.75, 3.05) is 4.90 Å². The lowest BCUT2D eigenvalue weighted by molar-refractivity contribution is -0.123. The highest BCUT2D eigenvalue weighted by molar-refractivity contribution is 6.00. The number of ether oxygens (including phenoxy) is 1. The molecule has 1 aliphatic rings. The number of rotatable bonds is 9. The van der Waals surface area contributed by atoms with Crippen LogP contribution in [0.15, 0.2) is 80.4 Å². The molecule has 6 rings (SSSR count). The Kier molecular flexibility index (Phi) is 7.69. The number of benzene rings is 3. The van der Waals surface area contributed by atoms with Gasteiger partial charge in [0.2, 0.25) is 11.7 Å². The molecule has 11 heteroatoms. The Morgan fingerprint density at radius 1 is 1.05 bits per heavy atom. The minimum Gasteiger partial charge on any atom is -0.454 e. The zero-order valence-corrected chi connectivity index (χ0v) is 23.7. The lowest BCUT2D eigenvalue weighted by Crippen LogP contribution is -2.41. The third-order valence-electron chi connectivity index (χ3n) is 7.62. The first kappa shape index (κ1) is 27.8. The summed E-state index contributed by atoms with van der Waals surface area (Å²) in [5.74, 6) is -0.636. The van der Waals surface area contributed by atoms with Crippen LogP contribution in [0.4, 0.5) is 5.69 Å². The van der Waals surface area contributed by atoms with E-state index in [1.807, 2.05) is 54.6 Å². The van der Waals surface area contributed by atoms with Gasteiger partial charge in [0.1, 0.15) is 0 Å². The molecule has 3 aromatic carbocycles. The number of nitrogens with zero attached hydrogens (tertiary/aromatic N) is 4. The van der Waals surface area contributed by atoms with Crippen molar-refractivity contribution in [3.63, 3.8) is 0 Å². The van der Waals surface area contributed by atoms with Crippen LogP contribution in [0.3, 0.4) is 0 Å². The molecule has 1 atom stereocenters. The van der Waals surface area contributed by atoms with E-state index in [9.17, 15) is 14.4 Å². The number of amides is 1. The second-order valence-corrected chi connectivity index (χ2v) is 10.4. The number of esters is 1. The van der Waals surface area contributed by atoms with E-state index in [1.165, 1.54) is 0 Å². The fourth-order valence-electron chi connectivity index (χ4n) is 5.44. The number of aromatic amines is 1. The van der Waals surface area contributed by atoms with Crippen LogP contribution >= 0.6 is 0 Å². The van der Waals surface area contributed by atoms with Gasteiger partial charge in [-0.25, -0.2) is 9.59 Å². The van der Waals surface area contributed by atoms with Gasteiger partial charge in [-0.3, -0.25) is 4.79 Å². The second-order valence-electron chi connectivity index (χ2n) is 10.4. The van der Waals surface area contributed by atoms with E-state index in [2.05, 4.69) is 27.5 Å². The van der Waals surface area contributed by atoms with Crippen molar-refractivity contribution in [1.82, 2.24) is 20.6 Å². The maximum Gasteiger partial charge on any atom is 0.519 e. The summed E-state index contributed by atoms with van der Waals surface area (Å²) in [6, 6.07) is 21.1. The van der Waals surface area contributed by atoms with E-state index in [1.54, 1.807) is 24.0 Å². The Hall–Kier alpha value is -5.32. The number of aryl methyl sites for hydroxylation is 1. The topological polar surface area (TPSA) is 144 Å². The highest BCUT2D eigenvalue weighted by Gasteiger charge is 2.33. The molecule has 1 unspecified atom stereocenters. The van der Waals surface area contributed by atoms with Crippen molar-refractivity contribution in [2.24, 2.45) is 5.92 Å². The van der Waals surface area contributed by atoms with Crippen molar-refractivity contribution in [2.45, 2.75) is 46.3 Å². The van der Waals surface area contributed by atoms with Gasteiger partial charge in [-0.2, -0.15) is 5.21 Å².